The number of methoxy groups -OCH3 is 1. The first-order valence-electron chi connectivity index (χ1n) is 8.28. The second-order valence-electron chi connectivity index (χ2n) is 5.71. The predicted molar refractivity (Wildman–Crippen MR) is 93.8 cm³/mol. The van der Waals surface area contributed by atoms with E-state index in [1.807, 2.05) is 6.92 Å². The lowest BCUT2D eigenvalue weighted by atomic mass is 10.0. The number of benzene rings is 2. The van der Waals surface area contributed by atoms with E-state index in [4.69, 9.17) is 14.2 Å². The Labute approximate surface area is 151 Å². The summed E-state index contributed by atoms with van der Waals surface area (Å²) in [5.74, 6) is 0.268. The van der Waals surface area contributed by atoms with Crippen molar-refractivity contribution < 1.29 is 27.8 Å². The summed E-state index contributed by atoms with van der Waals surface area (Å²) in [7, 11) is 1.31. The smallest absolute Gasteiger partial charge is 0.309 e. The first-order chi connectivity index (χ1) is 12.5. The Morgan fingerprint density at radius 1 is 1.12 bits per heavy atom. The lowest BCUT2D eigenvalue weighted by Gasteiger charge is -2.17. The van der Waals surface area contributed by atoms with Gasteiger partial charge in [0.05, 0.1) is 25.7 Å². The number of aryl methyl sites for hydroxylation is 1. The van der Waals surface area contributed by atoms with Crippen LogP contribution in [-0.2, 0) is 22.6 Å². The van der Waals surface area contributed by atoms with E-state index in [9.17, 15) is 13.6 Å². The van der Waals surface area contributed by atoms with Gasteiger partial charge >= 0.3 is 5.97 Å². The van der Waals surface area contributed by atoms with Crippen LogP contribution in [0.1, 0.15) is 35.6 Å². The van der Waals surface area contributed by atoms with E-state index in [-0.39, 0.29) is 24.3 Å². The van der Waals surface area contributed by atoms with Crippen LogP contribution in [0.25, 0.3) is 0 Å². The average Bonchev–Trinajstić information content (AvgIpc) is 2.62. The van der Waals surface area contributed by atoms with Crippen LogP contribution in [0.4, 0.5) is 8.78 Å². The van der Waals surface area contributed by atoms with E-state index in [1.54, 1.807) is 31.2 Å². The maximum Gasteiger partial charge on any atom is 0.309 e. The SMILES string of the molecule is CCOc1cccc(CC(=O)OC)c1COc1ccc(C)cc1C(F)F. The highest BCUT2D eigenvalue weighted by atomic mass is 19.3. The van der Waals surface area contributed by atoms with Crippen molar-refractivity contribution >= 4 is 5.97 Å². The lowest BCUT2D eigenvalue weighted by Crippen LogP contribution is -2.10. The summed E-state index contributed by atoms with van der Waals surface area (Å²) < 4.78 is 42.5. The number of carbonyl (C=O) groups is 1. The zero-order valence-corrected chi connectivity index (χ0v) is 15.1. The van der Waals surface area contributed by atoms with Gasteiger partial charge < -0.3 is 14.2 Å². The van der Waals surface area contributed by atoms with Gasteiger partial charge in [0.15, 0.2) is 0 Å². The number of hydrogen-bond acceptors (Lipinski definition) is 4. The van der Waals surface area contributed by atoms with Gasteiger partial charge in [0.1, 0.15) is 18.1 Å². The Morgan fingerprint density at radius 2 is 1.88 bits per heavy atom. The standard InChI is InChI=1S/C20H22F2O4/c1-4-25-17-7-5-6-14(11-19(23)24-3)16(17)12-26-18-9-8-13(2)10-15(18)20(21)22/h5-10,20H,4,11-12H2,1-3H3. The molecule has 26 heavy (non-hydrogen) atoms. The summed E-state index contributed by atoms with van der Waals surface area (Å²) >= 11 is 0. The molecule has 2 rings (SSSR count). The van der Waals surface area contributed by atoms with Crippen LogP contribution in [0.2, 0.25) is 0 Å². The number of esters is 1. The third kappa shape index (κ3) is 4.94. The Hall–Kier alpha value is -2.63. The molecular weight excluding hydrogens is 342 g/mol. The summed E-state index contributed by atoms with van der Waals surface area (Å²) in [4.78, 5) is 11.7. The van der Waals surface area contributed by atoms with Crippen molar-refractivity contribution in [2.24, 2.45) is 0 Å². The third-order valence-electron chi connectivity index (χ3n) is 3.86. The fourth-order valence-electron chi connectivity index (χ4n) is 2.58. The molecule has 0 aliphatic carbocycles. The molecule has 0 aliphatic rings. The molecule has 4 nitrogen and oxygen atoms in total. The van der Waals surface area contributed by atoms with Crippen LogP contribution in [0, 0.1) is 6.92 Å². The first-order valence-corrected chi connectivity index (χ1v) is 8.28. The molecule has 0 radical (unpaired) electrons. The molecular formula is C20H22F2O4. The molecule has 0 aromatic heterocycles. The Bertz CT molecular complexity index is 759. The molecule has 0 unspecified atom stereocenters. The second-order valence-corrected chi connectivity index (χ2v) is 5.71. The van der Waals surface area contributed by atoms with Crippen LogP contribution in [0.5, 0.6) is 11.5 Å². The Morgan fingerprint density at radius 3 is 2.54 bits per heavy atom. The molecule has 0 atom stereocenters. The molecule has 0 N–H and O–H groups in total. The summed E-state index contributed by atoms with van der Waals surface area (Å²) in [6.45, 7) is 4.02. The van der Waals surface area contributed by atoms with Crippen LogP contribution in [0.15, 0.2) is 36.4 Å². The number of ether oxygens (including phenoxy) is 3. The van der Waals surface area contributed by atoms with E-state index in [0.717, 1.165) is 5.56 Å². The van der Waals surface area contributed by atoms with Gasteiger partial charge in [-0.25, -0.2) is 8.78 Å². The summed E-state index contributed by atoms with van der Waals surface area (Å²) in [6, 6.07) is 9.94. The quantitative estimate of drug-likeness (QED) is 0.641. The molecule has 0 aliphatic heterocycles. The van der Waals surface area contributed by atoms with Crippen molar-refractivity contribution in [3.05, 3.63) is 58.7 Å². The van der Waals surface area contributed by atoms with Crippen molar-refractivity contribution in [2.45, 2.75) is 33.3 Å². The van der Waals surface area contributed by atoms with E-state index in [2.05, 4.69) is 0 Å². The Balaban J connectivity index is 2.32. The van der Waals surface area contributed by atoms with Gasteiger partial charge in [-0.05, 0) is 37.6 Å². The highest BCUT2D eigenvalue weighted by molar-refractivity contribution is 5.73. The fraction of sp³-hybridized carbons (Fsp3) is 0.350. The largest absolute Gasteiger partial charge is 0.493 e. The van der Waals surface area contributed by atoms with Crippen molar-refractivity contribution in [3.63, 3.8) is 0 Å². The number of hydrogen-bond donors (Lipinski definition) is 0. The van der Waals surface area contributed by atoms with Crippen LogP contribution < -0.4 is 9.47 Å². The van der Waals surface area contributed by atoms with Crippen LogP contribution in [-0.4, -0.2) is 19.7 Å². The molecule has 2 aromatic rings. The van der Waals surface area contributed by atoms with E-state index in [0.29, 0.717) is 23.5 Å². The minimum atomic E-state index is -2.64. The van der Waals surface area contributed by atoms with Crippen LogP contribution >= 0.6 is 0 Å². The highest BCUT2D eigenvalue weighted by Crippen LogP contribution is 2.32. The van der Waals surface area contributed by atoms with Crippen LogP contribution in [0.3, 0.4) is 0 Å². The van der Waals surface area contributed by atoms with Gasteiger partial charge in [-0.2, -0.15) is 0 Å². The average molecular weight is 364 g/mol. The molecule has 0 fully saturated rings. The van der Waals surface area contributed by atoms with E-state index >= 15 is 0 Å². The molecule has 140 valence electrons. The topological polar surface area (TPSA) is 44.8 Å². The third-order valence-corrected chi connectivity index (χ3v) is 3.86. The van der Waals surface area contributed by atoms with Crippen molar-refractivity contribution in [1.29, 1.82) is 0 Å². The first kappa shape index (κ1) is 19.7. The summed E-state index contributed by atoms with van der Waals surface area (Å²) in [6.07, 6.45) is -2.59. The molecule has 0 saturated heterocycles. The zero-order chi connectivity index (χ0) is 19.1. The lowest BCUT2D eigenvalue weighted by molar-refractivity contribution is -0.139. The monoisotopic (exact) mass is 364 g/mol. The highest BCUT2D eigenvalue weighted by Gasteiger charge is 2.17. The summed E-state index contributed by atoms with van der Waals surface area (Å²) in [5, 5.41) is 0. The zero-order valence-electron chi connectivity index (χ0n) is 15.1. The molecule has 0 spiro atoms. The minimum Gasteiger partial charge on any atom is -0.493 e. The van der Waals surface area contributed by atoms with E-state index in [1.165, 1.54) is 19.2 Å². The normalized spacial score (nSPS) is 10.7. The fourth-order valence-corrected chi connectivity index (χ4v) is 2.58. The number of carbonyl (C=O) groups excluding carboxylic acids is 1. The molecule has 6 heteroatoms. The molecule has 2 aromatic carbocycles. The van der Waals surface area contributed by atoms with Gasteiger partial charge in [0.25, 0.3) is 6.43 Å². The number of halogens is 2. The van der Waals surface area contributed by atoms with Crippen molar-refractivity contribution in [3.8, 4) is 11.5 Å². The van der Waals surface area contributed by atoms with Gasteiger partial charge in [-0.15, -0.1) is 0 Å². The molecule has 0 heterocycles. The van der Waals surface area contributed by atoms with Crippen molar-refractivity contribution in [1.82, 2.24) is 0 Å². The summed E-state index contributed by atoms with van der Waals surface area (Å²) in [5.41, 5.74) is 1.89. The Kier molecular flexibility index (Phi) is 6.95. The van der Waals surface area contributed by atoms with Gasteiger partial charge in [-0.1, -0.05) is 23.8 Å². The molecule has 0 saturated carbocycles. The van der Waals surface area contributed by atoms with Gasteiger partial charge in [0.2, 0.25) is 0 Å². The molecule has 0 amide bonds. The maximum absolute atomic E-state index is 13.3. The van der Waals surface area contributed by atoms with Crippen molar-refractivity contribution in [2.75, 3.05) is 13.7 Å². The van der Waals surface area contributed by atoms with Gasteiger partial charge in [-0.3, -0.25) is 4.79 Å². The predicted octanol–water partition coefficient (Wildman–Crippen LogP) is 4.63. The number of alkyl halides is 2. The van der Waals surface area contributed by atoms with E-state index < -0.39 is 12.4 Å². The second kappa shape index (κ2) is 9.17. The number of rotatable bonds is 8. The molecule has 0 bridgehead atoms. The maximum atomic E-state index is 13.3. The van der Waals surface area contributed by atoms with Gasteiger partial charge in [0, 0.05) is 5.56 Å². The minimum absolute atomic E-state index is 0.00524.